The molecular weight excluding hydrogens is 408 g/mol. The molecule has 2 fully saturated rings. The highest BCUT2D eigenvalue weighted by molar-refractivity contribution is 7.92. The van der Waals surface area contributed by atoms with Crippen LogP contribution in [0.25, 0.3) is 0 Å². The summed E-state index contributed by atoms with van der Waals surface area (Å²) in [7, 11) is -3.48. The van der Waals surface area contributed by atoms with E-state index < -0.39 is 10.0 Å². The van der Waals surface area contributed by atoms with Crippen LogP contribution in [-0.4, -0.2) is 26.6 Å². The number of carbonyl (C=O) groups is 1. The summed E-state index contributed by atoms with van der Waals surface area (Å²) in [4.78, 5) is 12.6. The molecule has 0 heterocycles. The molecule has 154 valence electrons. The smallest absolute Gasteiger partial charge is 0.251 e. The average molecular weight is 433 g/mol. The number of carbonyl (C=O) groups excluding carboxylic acids is 1. The Bertz CT molecular complexity index is 1010. The van der Waals surface area contributed by atoms with Crippen LogP contribution in [-0.2, 0) is 16.6 Å². The Kier molecular flexibility index (Phi) is 5.58. The van der Waals surface area contributed by atoms with Gasteiger partial charge in [0.25, 0.3) is 5.91 Å². The lowest BCUT2D eigenvalue weighted by atomic mass is 9.95. The molecule has 7 heteroatoms. The number of hydrogen-bond acceptors (Lipinski definition) is 3. The molecule has 0 radical (unpaired) electrons. The first kappa shape index (κ1) is 20.2. The van der Waals surface area contributed by atoms with Crippen LogP contribution in [0.1, 0.15) is 41.6 Å². The van der Waals surface area contributed by atoms with Crippen LogP contribution in [0.2, 0.25) is 5.02 Å². The van der Waals surface area contributed by atoms with Crippen molar-refractivity contribution in [2.75, 3.05) is 10.6 Å². The zero-order chi connectivity index (χ0) is 20.6. The largest absolute Gasteiger partial charge is 0.349 e. The maximum absolute atomic E-state index is 12.6. The second-order valence-corrected chi connectivity index (χ2v) is 10.5. The zero-order valence-corrected chi connectivity index (χ0v) is 17.9. The topological polar surface area (TPSA) is 66.5 Å². The highest BCUT2D eigenvalue weighted by Gasteiger charge is 2.40. The Balaban J connectivity index is 1.45. The third-order valence-corrected chi connectivity index (χ3v) is 7.47. The Morgan fingerprint density at radius 3 is 2.48 bits per heavy atom. The van der Waals surface area contributed by atoms with Gasteiger partial charge in [-0.25, -0.2) is 8.42 Å². The molecular formula is C22H25ClN2O3S. The quantitative estimate of drug-likeness (QED) is 0.742. The van der Waals surface area contributed by atoms with Crippen molar-refractivity contribution in [3.8, 4) is 0 Å². The minimum Gasteiger partial charge on any atom is -0.349 e. The van der Waals surface area contributed by atoms with E-state index in [2.05, 4.69) is 5.32 Å². The number of fused-ring (bicyclic) bond motifs is 2. The molecule has 2 aliphatic rings. The number of amides is 1. The molecule has 0 saturated heterocycles. The van der Waals surface area contributed by atoms with E-state index in [0.29, 0.717) is 28.2 Å². The van der Waals surface area contributed by atoms with Crippen molar-refractivity contribution in [1.82, 2.24) is 5.32 Å². The number of nitrogens with one attached hydrogen (secondary N) is 1. The number of sulfonamides is 1. The molecule has 1 amide bonds. The molecule has 0 aromatic heterocycles. The van der Waals surface area contributed by atoms with Crippen LogP contribution in [0.3, 0.4) is 0 Å². The van der Waals surface area contributed by atoms with E-state index >= 15 is 0 Å². The number of hydrogen-bond donors (Lipinski definition) is 1. The maximum atomic E-state index is 12.6. The summed E-state index contributed by atoms with van der Waals surface area (Å²) in [6.45, 7) is 0.174. The minimum absolute atomic E-state index is 0.0519. The molecule has 29 heavy (non-hydrogen) atoms. The molecule has 2 saturated carbocycles. The van der Waals surface area contributed by atoms with E-state index in [1.807, 2.05) is 0 Å². The van der Waals surface area contributed by atoms with Crippen molar-refractivity contribution in [2.45, 2.75) is 38.3 Å². The lowest BCUT2D eigenvalue weighted by Crippen LogP contribution is -2.38. The molecule has 0 aliphatic heterocycles. The first-order chi connectivity index (χ1) is 13.8. The van der Waals surface area contributed by atoms with Crippen molar-refractivity contribution >= 4 is 33.2 Å². The average Bonchev–Trinajstić information content (AvgIpc) is 3.28. The summed E-state index contributed by atoms with van der Waals surface area (Å²) < 4.78 is 25.9. The number of nitrogens with zero attached hydrogens (tertiary/aromatic N) is 1. The van der Waals surface area contributed by atoms with Gasteiger partial charge in [-0.1, -0.05) is 36.2 Å². The van der Waals surface area contributed by atoms with Crippen LogP contribution >= 0.6 is 11.6 Å². The number of rotatable bonds is 6. The number of halogens is 1. The second-order valence-electron chi connectivity index (χ2n) is 8.20. The predicted octanol–water partition coefficient (Wildman–Crippen LogP) is 4.22. The van der Waals surface area contributed by atoms with Gasteiger partial charge < -0.3 is 5.32 Å². The summed E-state index contributed by atoms with van der Waals surface area (Å²) in [6.07, 6.45) is 6.03. The van der Waals surface area contributed by atoms with Gasteiger partial charge in [0.2, 0.25) is 10.0 Å². The minimum atomic E-state index is -3.48. The van der Waals surface area contributed by atoms with Gasteiger partial charge in [0, 0.05) is 16.6 Å². The van der Waals surface area contributed by atoms with Gasteiger partial charge in [-0.2, -0.15) is 0 Å². The number of benzene rings is 2. The molecule has 1 N–H and O–H groups in total. The molecule has 5 nitrogen and oxygen atoms in total. The van der Waals surface area contributed by atoms with E-state index in [-0.39, 0.29) is 12.5 Å². The van der Waals surface area contributed by atoms with Crippen molar-refractivity contribution in [3.05, 3.63) is 64.7 Å². The molecule has 2 bridgehead atoms. The normalized spacial score (nSPS) is 23.2. The lowest BCUT2D eigenvalue weighted by Gasteiger charge is -2.23. The van der Waals surface area contributed by atoms with Crippen molar-refractivity contribution < 1.29 is 13.2 Å². The van der Waals surface area contributed by atoms with Gasteiger partial charge in [-0.05, 0) is 67.0 Å². The van der Waals surface area contributed by atoms with Gasteiger partial charge in [0.1, 0.15) is 0 Å². The first-order valence-electron chi connectivity index (χ1n) is 9.92. The Labute approximate surface area is 177 Å². The van der Waals surface area contributed by atoms with Crippen LogP contribution in [0.5, 0.6) is 0 Å². The molecule has 2 aliphatic carbocycles. The number of anilines is 1. The molecule has 0 spiro atoms. The van der Waals surface area contributed by atoms with Crippen LogP contribution in [0, 0.1) is 11.8 Å². The fraction of sp³-hybridized carbons (Fsp3) is 0.409. The molecule has 0 unspecified atom stereocenters. The Hall–Kier alpha value is -2.05. The van der Waals surface area contributed by atoms with Crippen LogP contribution in [0.15, 0.2) is 48.5 Å². The van der Waals surface area contributed by atoms with Crippen LogP contribution < -0.4 is 9.62 Å². The fourth-order valence-corrected chi connectivity index (χ4v) is 5.70. The first-order valence-corrected chi connectivity index (χ1v) is 12.2. The molecule has 2 aromatic carbocycles. The van der Waals surface area contributed by atoms with Gasteiger partial charge in [0.05, 0.1) is 18.5 Å². The van der Waals surface area contributed by atoms with Gasteiger partial charge in [0.15, 0.2) is 0 Å². The third-order valence-electron chi connectivity index (χ3n) is 6.09. The maximum Gasteiger partial charge on any atom is 0.251 e. The Morgan fingerprint density at radius 2 is 1.90 bits per heavy atom. The highest BCUT2D eigenvalue weighted by Crippen LogP contribution is 2.44. The van der Waals surface area contributed by atoms with Crippen LogP contribution in [0.4, 0.5) is 5.69 Å². The zero-order valence-electron chi connectivity index (χ0n) is 16.3. The Morgan fingerprint density at radius 1 is 1.14 bits per heavy atom. The predicted molar refractivity (Wildman–Crippen MR) is 116 cm³/mol. The standard InChI is InChI=1S/C22H25ClN2O3S/c1-29(27,28)25(20-4-2-3-19(23)13-20)14-15-5-8-17(9-6-15)22(26)24-21-12-16-7-10-18(21)11-16/h2-6,8-9,13,16,18,21H,7,10-12,14H2,1H3,(H,24,26)/t16-,18-,21+/m0/s1. The van der Waals surface area contributed by atoms with E-state index in [4.69, 9.17) is 11.6 Å². The van der Waals surface area contributed by atoms with E-state index in [9.17, 15) is 13.2 Å². The summed E-state index contributed by atoms with van der Waals surface area (Å²) in [5.74, 6) is 1.36. The van der Waals surface area contributed by atoms with E-state index in [1.54, 1.807) is 48.5 Å². The summed E-state index contributed by atoms with van der Waals surface area (Å²) in [5.41, 5.74) is 1.91. The van der Waals surface area contributed by atoms with Crippen molar-refractivity contribution in [3.63, 3.8) is 0 Å². The van der Waals surface area contributed by atoms with E-state index in [0.717, 1.165) is 17.9 Å². The van der Waals surface area contributed by atoms with Crippen molar-refractivity contribution in [1.29, 1.82) is 0 Å². The highest BCUT2D eigenvalue weighted by atomic mass is 35.5. The second kappa shape index (κ2) is 8.00. The third kappa shape index (κ3) is 4.59. The molecule has 2 aromatic rings. The summed E-state index contributed by atoms with van der Waals surface area (Å²) in [6, 6.07) is 14.2. The monoisotopic (exact) mass is 432 g/mol. The SMILES string of the molecule is CS(=O)(=O)N(Cc1ccc(C(=O)N[C@@H]2C[C@H]3CC[C@H]2C3)cc1)c1cccc(Cl)c1. The van der Waals surface area contributed by atoms with Gasteiger partial charge >= 0.3 is 0 Å². The van der Waals surface area contributed by atoms with E-state index in [1.165, 1.54) is 29.8 Å². The van der Waals surface area contributed by atoms with Gasteiger partial charge in [-0.15, -0.1) is 0 Å². The summed E-state index contributed by atoms with van der Waals surface area (Å²) >= 11 is 6.02. The lowest BCUT2D eigenvalue weighted by molar-refractivity contribution is 0.0923. The fourth-order valence-electron chi connectivity index (χ4n) is 4.63. The summed E-state index contributed by atoms with van der Waals surface area (Å²) in [5, 5.41) is 3.66. The van der Waals surface area contributed by atoms with Crippen molar-refractivity contribution in [2.24, 2.45) is 11.8 Å². The molecule has 3 atom stereocenters. The van der Waals surface area contributed by atoms with Gasteiger partial charge in [-0.3, -0.25) is 9.10 Å². The molecule has 4 rings (SSSR count).